The van der Waals surface area contributed by atoms with Crippen molar-refractivity contribution in [1.82, 2.24) is 4.98 Å². The second-order valence-corrected chi connectivity index (χ2v) is 3.18. The number of rotatable bonds is 3. The molecule has 0 fully saturated rings. The van der Waals surface area contributed by atoms with Crippen molar-refractivity contribution >= 4 is 0 Å². The molecule has 10 heteroatoms. The molecule has 1 heterocycles. The fraction of sp³-hybridized carbons (Fsp3) is 0.444. The molecule has 0 radical (unpaired) electrons. The summed E-state index contributed by atoms with van der Waals surface area (Å²) in [5.41, 5.74) is -2.98. The normalized spacial score (nSPS) is 12.4. The van der Waals surface area contributed by atoms with Gasteiger partial charge in [-0.1, -0.05) is 0 Å². The average Bonchev–Trinajstić information content (AvgIpc) is 2.23. The van der Waals surface area contributed by atoms with Gasteiger partial charge in [-0.2, -0.15) is 18.2 Å². The molecule has 1 aromatic rings. The Hall–Kier alpha value is -1.74. The Balaban J connectivity index is 3.47. The molecule has 0 aliphatic heterocycles. The van der Waals surface area contributed by atoms with Crippen LogP contribution in [0.4, 0.5) is 30.7 Å². The monoisotopic (exact) mass is 293 g/mol. The smallest absolute Gasteiger partial charge is 0.481 e. The van der Waals surface area contributed by atoms with E-state index >= 15 is 0 Å². The first kappa shape index (κ1) is 15.3. The van der Waals surface area contributed by atoms with Crippen molar-refractivity contribution in [1.29, 1.82) is 0 Å². The Morgan fingerprint density at radius 2 is 1.74 bits per heavy atom. The van der Waals surface area contributed by atoms with Gasteiger partial charge in [-0.25, -0.2) is 4.39 Å². The lowest BCUT2D eigenvalue weighted by Gasteiger charge is -2.17. The summed E-state index contributed by atoms with van der Waals surface area (Å²) in [5.74, 6) is -2.42. The van der Waals surface area contributed by atoms with Crippen molar-refractivity contribution in [2.24, 2.45) is 0 Å². The molecule has 0 aromatic carbocycles. The fourth-order valence-electron chi connectivity index (χ4n) is 1.24. The van der Waals surface area contributed by atoms with E-state index in [2.05, 4.69) is 14.5 Å². The molecule has 1 aromatic heterocycles. The van der Waals surface area contributed by atoms with E-state index in [0.29, 0.717) is 6.07 Å². The number of alkyl halides is 7. The molecule has 0 saturated carbocycles. The van der Waals surface area contributed by atoms with E-state index in [1.807, 2.05) is 0 Å². The van der Waals surface area contributed by atoms with E-state index in [-0.39, 0.29) is 0 Å². The number of methoxy groups -OCH3 is 1. The van der Waals surface area contributed by atoms with Crippen LogP contribution in [0.15, 0.2) is 6.07 Å². The van der Waals surface area contributed by atoms with E-state index in [1.165, 1.54) is 0 Å². The van der Waals surface area contributed by atoms with Gasteiger partial charge in [0.05, 0.1) is 7.11 Å². The summed E-state index contributed by atoms with van der Waals surface area (Å²) in [5, 5.41) is 0. The molecular formula is C9H6F7NO2. The minimum atomic E-state index is -5.40. The number of ether oxygens (including phenoxy) is 2. The first-order valence-electron chi connectivity index (χ1n) is 4.55. The molecule has 0 N–H and O–H groups in total. The molecule has 0 aliphatic rings. The lowest BCUT2D eigenvalue weighted by Crippen LogP contribution is -2.22. The molecule has 0 saturated heterocycles. The van der Waals surface area contributed by atoms with E-state index < -0.39 is 42.1 Å². The van der Waals surface area contributed by atoms with E-state index in [4.69, 9.17) is 0 Å². The van der Waals surface area contributed by atoms with Gasteiger partial charge in [0.15, 0.2) is 0 Å². The van der Waals surface area contributed by atoms with Crippen LogP contribution in [-0.4, -0.2) is 18.5 Å². The highest BCUT2D eigenvalue weighted by molar-refractivity contribution is 5.41. The molecule has 0 amide bonds. The van der Waals surface area contributed by atoms with Crippen molar-refractivity contribution in [3.63, 3.8) is 0 Å². The van der Waals surface area contributed by atoms with Crippen LogP contribution in [0.2, 0.25) is 0 Å². The van der Waals surface area contributed by atoms with Crippen molar-refractivity contribution in [3.8, 4) is 11.8 Å². The second kappa shape index (κ2) is 5.10. The minimum absolute atomic E-state index is 0.548. The third-order valence-corrected chi connectivity index (χ3v) is 1.89. The number of hydrogen-bond donors (Lipinski definition) is 0. The fourth-order valence-corrected chi connectivity index (χ4v) is 1.24. The van der Waals surface area contributed by atoms with Crippen LogP contribution in [0.1, 0.15) is 11.1 Å². The molecule has 1 rings (SSSR count). The molecule has 0 aliphatic carbocycles. The largest absolute Gasteiger partial charge is 0.574 e. The highest BCUT2D eigenvalue weighted by Crippen LogP contribution is 2.41. The summed E-state index contributed by atoms with van der Waals surface area (Å²) in [6.07, 6.45) is -10.6. The summed E-state index contributed by atoms with van der Waals surface area (Å²) in [7, 11) is 0.953. The third kappa shape index (κ3) is 3.86. The van der Waals surface area contributed by atoms with Crippen LogP contribution < -0.4 is 9.47 Å². The van der Waals surface area contributed by atoms with Crippen LogP contribution in [0.3, 0.4) is 0 Å². The molecule has 0 bridgehead atoms. The lowest BCUT2D eigenvalue weighted by molar-refractivity contribution is -0.278. The third-order valence-electron chi connectivity index (χ3n) is 1.89. The molecular weight excluding hydrogens is 287 g/mol. The topological polar surface area (TPSA) is 31.4 Å². The van der Waals surface area contributed by atoms with Crippen LogP contribution in [0.25, 0.3) is 0 Å². The summed E-state index contributed by atoms with van der Waals surface area (Å²) < 4.78 is 94.0. The van der Waals surface area contributed by atoms with Crippen LogP contribution >= 0.6 is 0 Å². The van der Waals surface area contributed by atoms with Gasteiger partial charge in [0, 0.05) is 11.6 Å². The highest BCUT2D eigenvalue weighted by atomic mass is 19.4. The highest BCUT2D eigenvalue weighted by Gasteiger charge is 2.42. The zero-order valence-corrected chi connectivity index (χ0v) is 9.19. The van der Waals surface area contributed by atoms with Crippen LogP contribution in [0, 0.1) is 0 Å². The lowest BCUT2D eigenvalue weighted by atomic mass is 10.1. The van der Waals surface area contributed by atoms with Gasteiger partial charge in [0.25, 0.3) is 0 Å². The summed E-state index contributed by atoms with van der Waals surface area (Å²) in [6.45, 7) is -1.65. The van der Waals surface area contributed by atoms with Gasteiger partial charge in [-0.05, 0) is 0 Å². The van der Waals surface area contributed by atoms with Crippen molar-refractivity contribution in [2.75, 3.05) is 7.11 Å². The number of nitrogens with zero attached hydrogens (tertiary/aromatic N) is 1. The molecule has 0 spiro atoms. The first-order chi connectivity index (χ1) is 8.58. The molecule has 0 unspecified atom stereocenters. The van der Waals surface area contributed by atoms with Crippen LogP contribution in [0.5, 0.6) is 11.8 Å². The van der Waals surface area contributed by atoms with Gasteiger partial charge >= 0.3 is 12.5 Å². The number of aromatic nitrogens is 1. The summed E-state index contributed by atoms with van der Waals surface area (Å²) >= 11 is 0. The molecule has 0 atom stereocenters. The Labute approximate surface area is 101 Å². The Morgan fingerprint density at radius 3 is 2.11 bits per heavy atom. The Morgan fingerprint density at radius 1 is 1.16 bits per heavy atom. The van der Waals surface area contributed by atoms with Crippen molar-refractivity contribution < 1.29 is 40.2 Å². The van der Waals surface area contributed by atoms with Gasteiger partial charge in [-0.15, -0.1) is 13.2 Å². The SMILES string of the molecule is COc1cc(CF)c(C(F)(F)F)c(OC(F)(F)F)n1. The molecule has 3 nitrogen and oxygen atoms in total. The maximum atomic E-state index is 12.6. The van der Waals surface area contributed by atoms with Crippen molar-refractivity contribution in [3.05, 3.63) is 17.2 Å². The number of halogens is 7. The van der Waals surface area contributed by atoms with E-state index in [9.17, 15) is 30.7 Å². The Kier molecular flexibility index (Phi) is 4.11. The molecule has 108 valence electrons. The van der Waals surface area contributed by atoms with Gasteiger partial charge < -0.3 is 9.47 Å². The van der Waals surface area contributed by atoms with Gasteiger partial charge in [-0.3, -0.25) is 0 Å². The second-order valence-electron chi connectivity index (χ2n) is 3.18. The van der Waals surface area contributed by atoms with Crippen molar-refractivity contribution in [2.45, 2.75) is 19.2 Å². The zero-order valence-electron chi connectivity index (χ0n) is 9.19. The minimum Gasteiger partial charge on any atom is -0.481 e. The van der Waals surface area contributed by atoms with Crippen LogP contribution in [-0.2, 0) is 12.9 Å². The quantitative estimate of drug-likeness (QED) is 0.800. The standard InChI is InChI=1S/C9H6F7NO2/c1-18-5-2-4(3-10)6(8(11,12)13)7(17-5)19-9(14,15)16/h2H,3H2,1H3. The van der Waals surface area contributed by atoms with E-state index in [0.717, 1.165) is 7.11 Å². The maximum absolute atomic E-state index is 12.6. The number of pyridine rings is 1. The summed E-state index contributed by atoms with van der Waals surface area (Å²) in [4.78, 5) is 2.90. The average molecular weight is 293 g/mol. The molecule has 19 heavy (non-hydrogen) atoms. The Bertz CT molecular complexity index is 455. The zero-order chi connectivity index (χ0) is 14.8. The van der Waals surface area contributed by atoms with Gasteiger partial charge in [0.1, 0.15) is 12.2 Å². The number of hydrogen-bond acceptors (Lipinski definition) is 3. The predicted molar refractivity (Wildman–Crippen MR) is 47.3 cm³/mol. The first-order valence-corrected chi connectivity index (χ1v) is 4.55. The summed E-state index contributed by atoms with van der Waals surface area (Å²) in [6, 6.07) is 0.548. The predicted octanol–water partition coefficient (Wildman–Crippen LogP) is 3.48. The van der Waals surface area contributed by atoms with E-state index in [1.54, 1.807) is 0 Å². The maximum Gasteiger partial charge on any atom is 0.574 e. The van der Waals surface area contributed by atoms with Gasteiger partial charge in [0.2, 0.25) is 11.8 Å².